The van der Waals surface area contributed by atoms with Crippen LogP contribution < -0.4 is 0 Å². The van der Waals surface area contributed by atoms with Crippen molar-refractivity contribution < 1.29 is 18.0 Å². The van der Waals surface area contributed by atoms with Gasteiger partial charge in [0, 0.05) is 21.3 Å². The Kier molecular flexibility index (Phi) is 3.87. The van der Waals surface area contributed by atoms with E-state index in [0.717, 1.165) is 9.35 Å². The molecule has 0 bridgehead atoms. The Bertz CT molecular complexity index is 586. The molecule has 0 spiro atoms. The van der Waals surface area contributed by atoms with E-state index in [9.17, 15) is 18.0 Å². The minimum Gasteiger partial charge on any atom is -0.294 e. The Morgan fingerprint density at radius 3 is 2.33 bits per heavy atom. The number of Topliss-reactive ketones (excluding diaryl/α,β-unsaturated/α-hetero) is 1. The second kappa shape index (κ2) is 5.24. The van der Waals surface area contributed by atoms with Crippen molar-refractivity contribution in [3.8, 4) is 0 Å². The van der Waals surface area contributed by atoms with Gasteiger partial charge in [0.15, 0.2) is 23.2 Å². The Morgan fingerprint density at radius 1 is 1.22 bits per heavy atom. The molecule has 2 aromatic rings. The van der Waals surface area contributed by atoms with E-state index in [0.29, 0.717) is 12.1 Å². The first kappa shape index (κ1) is 13.3. The molecule has 0 aliphatic carbocycles. The van der Waals surface area contributed by atoms with E-state index in [2.05, 4.69) is 15.9 Å². The van der Waals surface area contributed by atoms with Crippen LogP contribution in [0.5, 0.6) is 0 Å². The molecule has 6 heteroatoms. The molecule has 0 saturated heterocycles. The van der Waals surface area contributed by atoms with Gasteiger partial charge in [-0.15, -0.1) is 11.3 Å². The third-order valence-corrected chi connectivity index (χ3v) is 4.24. The lowest BCUT2D eigenvalue weighted by Gasteiger charge is -2.02. The van der Waals surface area contributed by atoms with Crippen LogP contribution in [0.25, 0.3) is 0 Å². The zero-order chi connectivity index (χ0) is 13.3. The van der Waals surface area contributed by atoms with E-state index < -0.39 is 23.2 Å². The lowest BCUT2D eigenvalue weighted by molar-refractivity contribution is 0.0992. The third-order valence-electron chi connectivity index (χ3n) is 2.32. The van der Waals surface area contributed by atoms with Crippen LogP contribution >= 0.6 is 27.3 Å². The normalized spacial score (nSPS) is 10.7. The molecule has 0 fully saturated rings. The van der Waals surface area contributed by atoms with Gasteiger partial charge in [-0.25, -0.2) is 13.2 Å². The largest absolute Gasteiger partial charge is 0.294 e. The molecule has 1 aromatic heterocycles. The number of carbonyl (C=O) groups excluding carboxylic acids is 1. The molecule has 0 N–H and O–H groups in total. The van der Waals surface area contributed by atoms with Gasteiger partial charge in [-0.1, -0.05) is 0 Å². The van der Waals surface area contributed by atoms with Crippen molar-refractivity contribution in [3.05, 3.63) is 55.9 Å². The summed E-state index contributed by atoms with van der Waals surface area (Å²) in [6.07, 6.45) is 0.0166. The number of hydrogen-bond donors (Lipinski definition) is 0. The van der Waals surface area contributed by atoms with Crippen LogP contribution in [0, 0.1) is 17.5 Å². The summed E-state index contributed by atoms with van der Waals surface area (Å²) in [5, 5.41) is 1.79. The smallest absolute Gasteiger partial charge is 0.194 e. The number of ketones is 1. The van der Waals surface area contributed by atoms with Gasteiger partial charge in [0.1, 0.15) is 0 Å². The zero-order valence-corrected chi connectivity index (χ0v) is 11.2. The highest BCUT2D eigenvalue weighted by Crippen LogP contribution is 2.24. The van der Waals surface area contributed by atoms with Crippen molar-refractivity contribution in [1.29, 1.82) is 0 Å². The van der Waals surface area contributed by atoms with Gasteiger partial charge < -0.3 is 0 Å². The molecule has 0 amide bonds. The van der Waals surface area contributed by atoms with Crippen molar-refractivity contribution in [2.45, 2.75) is 6.42 Å². The summed E-state index contributed by atoms with van der Waals surface area (Å²) < 4.78 is 39.5. The highest BCUT2D eigenvalue weighted by Gasteiger charge is 2.16. The number of halogens is 4. The fourth-order valence-electron chi connectivity index (χ4n) is 1.42. The highest BCUT2D eigenvalue weighted by atomic mass is 79.9. The van der Waals surface area contributed by atoms with E-state index in [1.807, 2.05) is 0 Å². The van der Waals surface area contributed by atoms with Crippen molar-refractivity contribution in [2.75, 3.05) is 0 Å². The van der Waals surface area contributed by atoms with Crippen LogP contribution in [-0.2, 0) is 6.42 Å². The minimum atomic E-state index is -1.57. The molecule has 94 valence electrons. The Labute approximate surface area is 113 Å². The maximum absolute atomic E-state index is 13.0. The van der Waals surface area contributed by atoms with Crippen LogP contribution in [0.1, 0.15) is 15.2 Å². The molecule has 0 aliphatic heterocycles. The zero-order valence-electron chi connectivity index (χ0n) is 8.84. The molecule has 1 aromatic carbocycles. The Morgan fingerprint density at radius 2 is 1.83 bits per heavy atom. The molecular weight excluding hydrogens is 329 g/mol. The second-order valence-electron chi connectivity index (χ2n) is 3.55. The minimum absolute atomic E-state index is 0.0166. The van der Waals surface area contributed by atoms with Gasteiger partial charge in [0.25, 0.3) is 0 Å². The van der Waals surface area contributed by atoms with Gasteiger partial charge in [-0.05, 0) is 39.5 Å². The molecule has 1 heterocycles. The van der Waals surface area contributed by atoms with Crippen LogP contribution in [0.3, 0.4) is 0 Å². The third kappa shape index (κ3) is 2.64. The SMILES string of the molecule is O=C(Cc1sccc1Br)c1cc(F)c(F)c(F)c1. The fraction of sp³-hybridized carbons (Fsp3) is 0.0833. The average molecular weight is 335 g/mol. The first-order valence-electron chi connectivity index (χ1n) is 4.88. The number of benzene rings is 1. The molecule has 1 nitrogen and oxygen atoms in total. The van der Waals surface area contributed by atoms with Crippen molar-refractivity contribution >= 4 is 33.0 Å². The lowest BCUT2D eigenvalue weighted by Crippen LogP contribution is -2.05. The van der Waals surface area contributed by atoms with Gasteiger partial charge in [0.05, 0.1) is 0 Å². The summed E-state index contributed by atoms with van der Waals surface area (Å²) in [6, 6.07) is 3.20. The van der Waals surface area contributed by atoms with Crippen molar-refractivity contribution in [1.82, 2.24) is 0 Å². The molecule has 0 unspecified atom stereocenters. The molecular formula is C12H6BrF3OS. The van der Waals surface area contributed by atoms with Crippen molar-refractivity contribution in [3.63, 3.8) is 0 Å². The number of carbonyl (C=O) groups is 1. The van der Waals surface area contributed by atoms with Gasteiger partial charge in [0.2, 0.25) is 0 Å². The molecule has 0 atom stereocenters. The summed E-state index contributed by atoms with van der Waals surface area (Å²) in [5.41, 5.74) is -0.174. The molecule has 0 saturated carbocycles. The monoisotopic (exact) mass is 334 g/mol. The number of hydrogen-bond acceptors (Lipinski definition) is 2. The predicted octanol–water partition coefficient (Wildman–Crippen LogP) is 4.35. The van der Waals surface area contributed by atoms with Crippen LogP contribution in [0.4, 0.5) is 13.2 Å². The van der Waals surface area contributed by atoms with Gasteiger partial charge in [-0.2, -0.15) is 0 Å². The van der Waals surface area contributed by atoms with E-state index in [1.165, 1.54) is 11.3 Å². The predicted molar refractivity (Wildman–Crippen MR) is 66.4 cm³/mol. The average Bonchev–Trinajstić information content (AvgIpc) is 2.71. The van der Waals surface area contributed by atoms with E-state index in [-0.39, 0.29) is 12.0 Å². The molecule has 2 rings (SSSR count). The standard InChI is InChI=1S/C12H6BrF3OS/c13-7-1-2-18-11(7)5-10(17)6-3-8(14)12(16)9(15)4-6/h1-4H,5H2. The maximum Gasteiger partial charge on any atom is 0.194 e. The quantitative estimate of drug-likeness (QED) is 0.602. The van der Waals surface area contributed by atoms with Gasteiger partial charge >= 0.3 is 0 Å². The summed E-state index contributed by atoms with van der Waals surface area (Å²) >= 11 is 4.61. The summed E-state index contributed by atoms with van der Waals surface area (Å²) in [4.78, 5) is 12.6. The summed E-state index contributed by atoms with van der Waals surface area (Å²) in [6.45, 7) is 0. The molecule has 18 heavy (non-hydrogen) atoms. The van der Waals surface area contributed by atoms with Crippen LogP contribution in [0.15, 0.2) is 28.1 Å². The highest BCUT2D eigenvalue weighted by molar-refractivity contribution is 9.10. The summed E-state index contributed by atoms with van der Waals surface area (Å²) in [7, 11) is 0. The van der Waals surface area contributed by atoms with E-state index in [1.54, 1.807) is 11.4 Å². The first-order valence-corrected chi connectivity index (χ1v) is 6.56. The lowest BCUT2D eigenvalue weighted by atomic mass is 10.1. The molecule has 0 radical (unpaired) electrons. The number of rotatable bonds is 3. The van der Waals surface area contributed by atoms with Gasteiger partial charge in [-0.3, -0.25) is 4.79 Å². The Hall–Kier alpha value is -1.14. The topological polar surface area (TPSA) is 17.1 Å². The van der Waals surface area contributed by atoms with E-state index >= 15 is 0 Å². The number of thiophene rings is 1. The summed E-state index contributed by atoms with van der Waals surface area (Å²) in [5.74, 6) is -4.74. The fourth-order valence-corrected chi connectivity index (χ4v) is 2.91. The Balaban J connectivity index is 2.27. The molecule has 0 aliphatic rings. The van der Waals surface area contributed by atoms with Crippen LogP contribution in [-0.4, -0.2) is 5.78 Å². The first-order chi connectivity index (χ1) is 8.49. The second-order valence-corrected chi connectivity index (χ2v) is 5.40. The van der Waals surface area contributed by atoms with Crippen molar-refractivity contribution in [2.24, 2.45) is 0 Å². The van der Waals surface area contributed by atoms with Crippen LogP contribution in [0.2, 0.25) is 0 Å². The van der Waals surface area contributed by atoms with E-state index in [4.69, 9.17) is 0 Å². The maximum atomic E-state index is 13.0.